The van der Waals surface area contributed by atoms with E-state index >= 15 is 0 Å². The summed E-state index contributed by atoms with van der Waals surface area (Å²) in [4.78, 5) is 38.8. The summed E-state index contributed by atoms with van der Waals surface area (Å²) in [5.74, 6) is -1.83. The van der Waals surface area contributed by atoms with Crippen molar-refractivity contribution in [3.63, 3.8) is 0 Å². The van der Waals surface area contributed by atoms with Crippen LogP contribution in [0.25, 0.3) is 10.4 Å². The number of thiophene rings is 1. The quantitative estimate of drug-likeness (QED) is 0.126. The van der Waals surface area contributed by atoms with Crippen LogP contribution in [-0.4, -0.2) is 29.1 Å². The van der Waals surface area contributed by atoms with Crippen molar-refractivity contribution in [1.29, 1.82) is 0 Å². The molecule has 4 aromatic carbocycles. The Morgan fingerprint density at radius 2 is 1.61 bits per heavy atom. The van der Waals surface area contributed by atoms with Crippen LogP contribution in [0, 0.1) is 0 Å². The number of nitrogens with two attached hydrogens (primary N) is 1. The topological polar surface area (TPSA) is 122 Å². The van der Waals surface area contributed by atoms with Gasteiger partial charge in [0.05, 0.1) is 18.3 Å². The summed E-state index contributed by atoms with van der Waals surface area (Å²) >= 11 is 1.69. The van der Waals surface area contributed by atoms with Crippen molar-refractivity contribution in [3.8, 4) is 21.9 Å². The van der Waals surface area contributed by atoms with Crippen LogP contribution < -0.4 is 20.7 Å². The smallest absolute Gasteiger partial charge is 0.475 e. The second kappa shape index (κ2) is 17.0. The van der Waals surface area contributed by atoms with Crippen molar-refractivity contribution < 1.29 is 37.4 Å². The van der Waals surface area contributed by atoms with Gasteiger partial charge < -0.3 is 25.8 Å². The van der Waals surface area contributed by atoms with Crippen LogP contribution in [0.1, 0.15) is 47.6 Å². The molecule has 1 unspecified atom stereocenters. The van der Waals surface area contributed by atoms with Crippen LogP contribution in [0.4, 0.5) is 18.9 Å². The number of carbonyl (C=O) groups excluding carboxylic acids is 2. The lowest BCUT2D eigenvalue weighted by atomic mass is 10.1. The number of ether oxygens (including phenoxy) is 1. The number of carboxylic acids is 1. The van der Waals surface area contributed by atoms with E-state index in [0.29, 0.717) is 30.3 Å². The summed E-state index contributed by atoms with van der Waals surface area (Å²) in [5, 5.41) is 12.3. The number of alkyl halides is 3. The Morgan fingerprint density at radius 3 is 2.31 bits per heavy atom. The Kier molecular flexibility index (Phi) is 12.2. The maximum Gasteiger partial charge on any atom is 0.490 e. The van der Waals surface area contributed by atoms with Crippen LogP contribution in [0.15, 0.2) is 115 Å². The molecule has 0 bridgehead atoms. The van der Waals surface area contributed by atoms with Crippen molar-refractivity contribution in [2.75, 3.05) is 4.90 Å². The first kappa shape index (κ1) is 36.8. The summed E-state index contributed by atoms with van der Waals surface area (Å²) in [6.45, 7) is 0.740. The molecule has 1 aliphatic rings. The molecule has 2 amide bonds. The number of benzene rings is 4. The lowest BCUT2D eigenvalue weighted by Crippen LogP contribution is -2.33. The van der Waals surface area contributed by atoms with Gasteiger partial charge in [-0.3, -0.25) is 9.59 Å². The molecular formula is C39H36F3N3O5S. The number of hydrogen-bond acceptors (Lipinski definition) is 6. The summed E-state index contributed by atoms with van der Waals surface area (Å²) in [6, 6.07) is 35.7. The van der Waals surface area contributed by atoms with Crippen molar-refractivity contribution >= 4 is 34.8 Å². The molecule has 0 saturated carbocycles. The minimum atomic E-state index is -5.08. The van der Waals surface area contributed by atoms with Crippen molar-refractivity contribution in [3.05, 3.63) is 137 Å². The highest BCUT2D eigenvalue weighted by molar-refractivity contribution is 7.13. The van der Waals surface area contributed by atoms with Crippen LogP contribution in [-0.2, 0) is 33.9 Å². The molecule has 1 aliphatic carbocycles. The minimum Gasteiger partial charge on any atom is -0.475 e. The second-order valence-electron chi connectivity index (χ2n) is 11.7. The molecule has 1 aromatic heterocycles. The lowest BCUT2D eigenvalue weighted by molar-refractivity contribution is -0.192. The van der Waals surface area contributed by atoms with Gasteiger partial charge in [-0.1, -0.05) is 78.9 Å². The first-order chi connectivity index (χ1) is 24.5. The standard InChI is InChI=1S/C37H35N3O3S.C2HF3O2/c38-24-27-7-5-9-30(23-27)43-34-12-4-3-11-33(34)40(25-26-14-16-29(17-15-26)35-13-6-22-44-35)37(42)21-20-36(41)39-32-19-18-28-8-1-2-10-31(28)32;3-2(4,5)1(6)7/h1-17,22-23,32H,18-21,24-25,38H2,(H,39,41);(H,6,7). The summed E-state index contributed by atoms with van der Waals surface area (Å²) in [7, 11) is 0. The Morgan fingerprint density at radius 1 is 0.882 bits per heavy atom. The fraction of sp³-hybridized carbons (Fsp3) is 0.205. The zero-order valence-corrected chi connectivity index (χ0v) is 28.3. The third-order valence-electron chi connectivity index (χ3n) is 8.20. The van der Waals surface area contributed by atoms with Crippen LogP contribution in [0.2, 0.25) is 0 Å². The number of carbonyl (C=O) groups is 3. The number of fused-ring (bicyclic) bond motifs is 1. The molecule has 0 fully saturated rings. The molecule has 0 spiro atoms. The van der Waals surface area contributed by atoms with E-state index < -0.39 is 12.1 Å². The van der Waals surface area contributed by atoms with Gasteiger partial charge in [0.1, 0.15) is 5.75 Å². The van der Waals surface area contributed by atoms with Gasteiger partial charge in [-0.15, -0.1) is 11.3 Å². The van der Waals surface area contributed by atoms with E-state index in [1.54, 1.807) is 16.2 Å². The van der Waals surface area contributed by atoms with E-state index in [4.69, 9.17) is 20.4 Å². The van der Waals surface area contributed by atoms with Gasteiger partial charge in [0.15, 0.2) is 5.75 Å². The van der Waals surface area contributed by atoms with Gasteiger partial charge in [0.2, 0.25) is 11.8 Å². The Labute approximate surface area is 297 Å². The number of nitrogens with zero attached hydrogens (tertiary/aromatic N) is 1. The third kappa shape index (κ3) is 10.1. The fourth-order valence-corrected chi connectivity index (χ4v) is 6.40. The van der Waals surface area contributed by atoms with E-state index in [2.05, 4.69) is 41.0 Å². The monoisotopic (exact) mass is 715 g/mol. The second-order valence-corrected chi connectivity index (χ2v) is 12.7. The number of aryl methyl sites for hydroxylation is 1. The fourth-order valence-electron chi connectivity index (χ4n) is 5.67. The molecule has 1 atom stereocenters. The zero-order valence-electron chi connectivity index (χ0n) is 27.4. The maximum atomic E-state index is 13.9. The number of hydrogen-bond donors (Lipinski definition) is 3. The normalized spacial score (nSPS) is 13.4. The van der Waals surface area contributed by atoms with E-state index in [1.165, 1.54) is 16.0 Å². The number of aliphatic carboxylic acids is 1. The van der Waals surface area contributed by atoms with E-state index in [0.717, 1.165) is 29.5 Å². The summed E-state index contributed by atoms with van der Waals surface area (Å²) < 4.78 is 38.0. The van der Waals surface area contributed by atoms with Crippen LogP contribution in [0.3, 0.4) is 0 Å². The third-order valence-corrected chi connectivity index (χ3v) is 9.11. The molecule has 1 heterocycles. The Hall–Kier alpha value is -5.46. The molecule has 51 heavy (non-hydrogen) atoms. The number of amides is 2. The molecular weight excluding hydrogens is 680 g/mol. The highest BCUT2D eigenvalue weighted by Crippen LogP contribution is 2.35. The molecule has 0 aliphatic heterocycles. The first-order valence-electron chi connectivity index (χ1n) is 16.2. The van der Waals surface area contributed by atoms with Crippen LogP contribution >= 0.6 is 11.3 Å². The van der Waals surface area contributed by atoms with Gasteiger partial charge in [-0.2, -0.15) is 13.2 Å². The Bertz CT molecular complexity index is 1950. The summed E-state index contributed by atoms with van der Waals surface area (Å²) in [5.41, 5.74) is 12.0. The van der Waals surface area contributed by atoms with Gasteiger partial charge in [-0.05, 0) is 76.4 Å². The predicted molar refractivity (Wildman–Crippen MR) is 190 cm³/mol. The lowest BCUT2D eigenvalue weighted by Gasteiger charge is -2.25. The van der Waals surface area contributed by atoms with Crippen molar-refractivity contribution in [1.82, 2.24) is 5.32 Å². The zero-order chi connectivity index (χ0) is 36.4. The minimum absolute atomic E-state index is 0.00910. The largest absolute Gasteiger partial charge is 0.490 e. The average molecular weight is 716 g/mol. The summed E-state index contributed by atoms with van der Waals surface area (Å²) in [6.07, 6.45) is -3.08. The van der Waals surface area contributed by atoms with Gasteiger partial charge >= 0.3 is 12.1 Å². The first-order valence-corrected chi connectivity index (χ1v) is 17.1. The van der Waals surface area contributed by atoms with E-state index in [9.17, 15) is 22.8 Å². The molecule has 8 nitrogen and oxygen atoms in total. The molecule has 0 radical (unpaired) electrons. The predicted octanol–water partition coefficient (Wildman–Crippen LogP) is 8.42. The van der Waals surface area contributed by atoms with Gasteiger partial charge in [0.25, 0.3) is 0 Å². The number of anilines is 1. The molecule has 12 heteroatoms. The Balaban J connectivity index is 0.000000654. The number of para-hydroxylation sites is 2. The number of halogens is 3. The average Bonchev–Trinajstić information content (AvgIpc) is 3.81. The van der Waals surface area contributed by atoms with Gasteiger partial charge in [-0.25, -0.2) is 4.79 Å². The number of carboxylic acid groups (broad SMARTS) is 1. The number of nitrogens with one attached hydrogen (secondary N) is 1. The SMILES string of the molecule is NCc1cccc(Oc2ccccc2N(Cc2ccc(-c3cccs3)cc2)C(=O)CCC(=O)NC2CCc3ccccc32)c1.O=C(O)C(F)(F)F. The van der Waals surface area contributed by atoms with Crippen molar-refractivity contribution in [2.45, 2.75) is 51.0 Å². The molecule has 6 rings (SSSR count). The van der Waals surface area contributed by atoms with E-state index in [1.807, 2.05) is 78.9 Å². The highest BCUT2D eigenvalue weighted by Gasteiger charge is 2.38. The van der Waals surface area contributed by atoms with Crippen molar-refractivity contribution in [2.24, 2.45) is 5.73 Å². The molecule has 264 valence electrons. The molecule has 4 N–H and O–H groups in total. The van der Waals surface area contributed by atoms with Gasteiger partial charge in [0, 0.05) is 24.3 Å². The number of rotatable bonds is 11. The van der Waals surface area contributed by atoms with Crippen LogP contribution in [0.5, 0.6) is 11.5 Å². The molecule has 0 saturated heterocycles. The molecule has 5 aromatic rings. The van der Waals surface area contributed by atoms with E-state index in [-0.39, 0.29) is 30.7 Å². The maximum absolute atomic E-state index is 13.9. The highest BCUT2D eigenvalue weighted by atomic mass is 32.1.